The highest BCUT2D eigenvalue weighted by atomic mass is 19.1. The van der Waals surface area contributed by atoms with Crippen molar-refractivity contribution >= 4 is 5.96 Å². The summed E-state index contributed by atoms with van der Waals surface area (Å²) >= 11 is 0. The van der Waals surface area contributed by atoms with Crippen LogP contribution in [0.5, 0.6) is 0 Å². The average molecular weight is 406 g/mol. The van der Waals surface area contributed by atoms with Crippen LogP contribution in [0.4, 0.5) is 8.78 Å². The number of halogens is 2. The van der Waals surface area contributed by atoms with E-state index in [-0.39, 0.29) is 6.04 Å². The number of guanidine groups is 1. The molecule has 1 N–H and O–H groups in total. The second kappa shape index (κ2) is 9.78. The van der Waals surface area contributed by atoms with Crippen molar-refractivity contribution in [1.29, 1.82) is 0 Å². The Balaban J connectivity index is 1.53. The molecule has 1 fully saturated rings. The molecule has 0 spiro atoms. The molecule has 0 amide bonds. The van der Waals surface area contributed by atoms with Crippen LogP contribution in [0.3, 0.4) is 0 Å². The summed E-state index contributed by atoms with van der Waals surface area (Å²) in [6, 6.07) is 3.79. The van der Waals surface area contributed by atoms with Gasteiger partial charge in [-0.3, -0.25) is 9.89 Å². The van der Waals surface area contributed by atoms with Crippen LogP contribution in [0.15, 0.2) is 27.7 Å². The molecule has 2 aromatic rings. The van der Waals surface area contributed by atoms with Crippen LogP contribution < -0.4 is 5.32 Å². The van der Waals surface area contributed by atoms with Crippen LogP contribution in [0.1, 0.15) is 36.7 Å². The van der Waals surface area contributed by atoms with Gasteiger partial charge in [0, 0.05) is 63.9 Å². The van der Waals surface area contributed by atoms with Crippen LogP contribution in [0.2, 0.25) is 0 Å². The Hall–Kier alpha value is -2.55. The summed E-state index contributed by atoms with van der Waals surface area (Å²) in [6.45, 7) is 7.57. The molecule has 1 aliphatic heterocycles. The third kappa shape index (κ3) is 5.29. The molecular weight excluding hydrogens is 378 g/mol. The molecule has 7 nitrogen and oxygen atoms in total. The summed E-state index contributed by atoms with van der Waals surface area (Å²) in [4.78, 5) is 13.0. The minimum Gasteiger partial charge on any atom is -0.356 e. The van der Waals surface area contributed by atoms with Gasteiger partial charge in [0.25, 0.3) is 0 Å². The van der Waals surface area contributed by atoms with Gasteiger partial charge in [-0.25, -0.2) is 8.78 Å². The SMILES string of the molecule is CCC(c1ccc(F)cc1F)N1CCN(C(=NC)NCCc2nc(C)no2)CC1. The van der Waals surface area contributed by atoms with Gasteiger partial charge in [-0.05, 0) is 19.4 Å². The third-order valence-electron chi connectivity index (χ3n) is 5.17. The van der Waals surface area contributed by atoms with E-state index in [1.807, 2.05) is 6.92 Å². The van der Waals surface area contributed by atoms with Crippen molar-refractivity contribution in [3.63, 3.8) is 0 Å². The summed E-state index contributed by atoms with van der Waals surface area (Å²) in [5, 5.41) is 7.12. The number of rotatable bonds is 6. The van der Waals surface area contributed by atoms with Crippen molar-refractivity contribution in [1.82, 2.24) is 25.3 Å². The third-order valence-corrected chi connectivity index (χ3v) is 5.17. The molecule has 1 atom stereocenters. The summed E-state index contributed by atoms with van der Waals surface area (Å²) in [7, 11) is 1.76. The van der Waals surface area contributed by atoms with Crippen LogP contribution in [0, 0.1) is 18.6 Å². The van der Waals surface area contributed by atoms with E-state index < -0.39 is 11.6 Å². The van der Waals surface area contributed by atoms with Gasteiger partial charge in [0.05, 0.1) is 0 Å². The molecule has 0 saturated carbocycles. The van der Waals surface area contributed by atoms with Crippen molar-refractivity contribution in [3.05, 3.63) is 47.1 Å². The molecule has 0 radical (unpaired) electrons. The highest BCUT2D eigenvalue weighted by Crippen LogP contribution is 2.28. The Morgan fingerprint density at radius 1 is 1.28 bits per heavy atom. The first-order valence-electron chi connectivity index (χ1n) is 9.95. The van der Waals surface area contributed by atoms with Gasteiger partial charge in [-0.1, -0.05) is 18.1 Å². The summed E-state index contributed by atoms with van der Waals surface area (Å²) < 4.78 is 32.6. The molecule has 1 aromatic heterocycles. The number of nitrogens with one attached hydrogen (secondary N) is 1. The summed E-state index contributed by atoms with van der Waals surface area (Å²) in [5.74, 6) is 1.03. The highest BCUT2D eigenvalue weighted by Gasteiger charge is 2.27. The lowest BCUT2D eigenvalue weighted by molar-refractivity contribution is 0.124. The standard InChI is InChI=1S/C20H28F2N6O/c1-4-18(16-6-5-15(21)13-17(16)22)27-9-11-28(12-10-27)20(23-3)24-8-7-19-25-14(2)26-29-19/h5-6,13,18H,4,7-12H2,1-3H3,(H,23,24). The van der Waals surface area contributed by atoms with Crippen molar-refractivity contribution in [2.75, 3.05) is 39.8 Å². The molecule has 1 saturated heterocycles. The normalized spacial score (nSPS) is 16.9. The smallest absolute Gasteiger partial charge is 0.228 e. The van der Waals surface area contributed by atoms with E-state index in [1.165, 1.54) is 6.07 Å². The predicted molar refractivity (Wildman–Crippen MR) is 107 cm³/mol. The minimum atomic E-state index is -0.545. The van der Waals surface area contributed by atoms with E-state index in [2.05, 4.69) is 30.2 Å². The van der Waals surface area contributed by atoms with Gasteiger partial charge in [0.1, 0.15) is 11.6 Å². The van der Waals surface area contributed by atoms with Crippen LogP contribution >= 0.6 is 0 Å². The fraction of sp³-hybridized carbons (Fsp3) is 0.550. The molecule has 3 rings (SSSR count). The number of nitrogens with zero attached hydrogens (tertiary/aromatic N) is 5. The van der Waals surface area contributed by atoms with E-state index >= 15 is 0 Å². The van der Waals surface area contributed by atoms with Crippen LogP contribution in [0.25, 0.3) is 0 Å². The number of aryl methyl sites for hydroxylation is 1. The van der Waals surface area contributed by atoms with Gasteiger partial charge in [0.15, 0.2) is 11.8 Å². The first-order valence-corrected chi connectivity index (χ1v) is 9.95. The number of benzene rings is 1. The van der Waals surface area contributed by atoms with E-state index in [0.717, 1.165) is 44.6 Å². The van der Waals surface area contributed by atoms with Gasteiger partial charge in [0.2, 0.25) is 5.89 Å². The van der Waals surface area contributed by atoms with Gasteiger partial charge in [-0.15, -0.1) is 0 Å². The number of hydrogen-bond acceptors (Lipinski definition) is 5. The Bertz CT molecular complexity index is 832. The molecule has 29 heavy (non-hydrogen) atoms. The summed E-state index contributed by atoms with van der Waals surface area (Å²) in [6.07, 6.45) is 1.39. The Morgan fingerprint density at radius 3 is 2.62 bits per heavy atom. The maximum atomic E-state index is 14.3. The molecular formula is C20H28F2N6O. The van der Waals surface area contributed by atoms with Gasteiger partial charge >= 0.3 is 0 Å². The minimum absolute atomic E-state index is 0.0616. The zero-order valence-corrected chi connectivity index (χ0v) is 17.2. The number of aromatic nitrogens is 2. The quantitative estimate of drug-likeness (QED) is 0.587. The van der Waals surface area contributed by atoms with Crippen molar-refractivity contribution in [2.24, 2.45) is 4.99 Å². The lowest BCUT2D eigenvalue weighted by atomic mass is 10.0. The summed E-state index contributed by atoms with van der Waals surface area (Å²) in [5.41, 5.74) is 0.555. The van der Waals surface area contributed by atoms with Gasteiger partial charge in [-0.2, -0.15) is 4.98 Å². The van der Waals surface area contributed by atoms with Crippen molar-refractivity contribution < 1.29 is 13.3 Å². The van der Waals surface area contributed by atoms with Gasteiger partial charge < -0.3 is 14.7 Å². The Labute approximate surface area is 169 Å². The van der Waals surface area contributed by atoms with Crippen molar-refractivity contribution in [2.45, 2.75) is 32.7 Å². The van der Waals surface area contributed by atoms with Crippen molar-refractivity contribution in [3.8, 4) is 0 Å². The Morgan fingerprint density at radius 2 is 2.03 bits per heavy atom. The predicted octanol–water partition coefficient (Wildman–Crippen LogP) is 2.54. The zero-order chi connectivity index (χ0) is 20.8. The zero-order valence-electron chi connectivity index (χ0n) is 17.2. The first-order chi connectivity index (χ1) is 14.0. The number of aliphatic imine (C=N–C) groups is 1. The number of hydrogen-bond donors (Lipinski definition) is 1. The lowest BCUT2D eigenvalue weighted by Gasteiger charge is -2.40. The molecule has 1 unspecified atom stereocenters. The molecule has 158 valence electrons. The number of piperazine rings is 1. The molecule has 1 aliphatic rings. The molecule has 1 aromatic carbocycles. The topological polar surface area (TPSA) is 69.8 Å². The van der Waals surface area contributed by atoms with E-state index in [9.17, 15) is 8.78 Å². The second-order valence-corrected chi connectivity index (χ2v) is 7.07. The second-order valence-electron chi connectivity index (χ2n) is 7.07. The monoisotopic (exact) mass is 406 g/mol. The fourth-order valence-corrected chi connectivity index (χ4v) is 3.75. The average Bonchev–Trinajstić information content (AvgIpc) is 3.13. The van der Waals surface area contributed by atoms with E-state index in [0.29, 0.717) is 30.2 Å². The fourth-order valence-electron chi connectivity index (χ4n) is 3.75. The molecule has 0 bridgehead atoms. The maximum Gasteiger partial charge on any atom is 0.228 e. The largest absolute Gasteiger partial charge is 0.356 e. The Kier molecular flexibility index (Phi) is 7.13. The van der Waals surface area contributed by atoms with E-state index in [4.69, 9.17) is 4.52 Å². The first kappa shape index (κ1) is 21.2. The van der Waals surface area contributed by atoms with Crippen LogP contribution in [-0.4, -0.2) is 65.7 Å². The molecule has 9 heteroatoms. The molecule has 0 aliphatic carbocycles. The van der Waals surface area contributed by atoms with Crippen LogP contribution in [-0.2, 0) is 6.42 Å². The highest BCUT2D eigenvalue weighted by molar-refractivity contribution is 5.80. The lowest BCUT2D eigenvalue weighted by Crippen LogP contribution is -2.53. The molecule has 2 heterocycles. The van der Waals surface area contributed by atoms with E-state index in [1.54, 1.807) is 20.0 Å². The maximum absolute atomic E-state index is 14.3.